The lowest BCUT2D eigenvalue weighted by Crippen LogP contribution is -2.47. The van der Waals surface area contributed by atoms with Gasteiger partial charge in [-0.2, -0.15) is 4.31 Å². The highest BCUT2D eigenvalue weighted by molar-refractivity contribution is 7.88. The van der Waals surface area contributed by atoms with E-state index in [4.69, 9.17) is 0 Å². The van der Waals surface area contributed by atoms with Crippen LogP contribution >= 0.6 is 0 Å². The van der Waals surface area contributed by atoms with Crippen LogP contribution in [-0.4, -0.2) is 62.8 Å². The maximum absolute atomic E-state index is 12.6. The number of nitrogens with zero attached hydrogens (tertiary/aromatic N) is 2. The van der Waals surface area contributed by atoms with Gasteiger partial charge in [-0.05, 0) is 37.6 Å². The highest BCUT2D eigenvalue weighted by Gasteiger charge is 2.26. The van der Waals surface area contributed by atoms with Crippen LogP contribution < -0.4 is 5.32 Å². The van der Waals surface area contributed by atoms with E-state index in [1.54, 1.807) is 28.6 Å². The second kappa shape index (κ2) is 8.50. The topological polar surface area (TPSA) is 69.7 Å². The quantitative estimate of drug-likeness (QED) is 0.847. The minimum atomic E-state index is -3.31. The molecule has 1 aliphatic carbocycles. The smallest absolute Gasteiger partial charge is 0.251 e. The number of amides is 1. The highest BCUT2D eigenvalue weighted by Crippen LogP contribution is 2.18. The van der Waals surface area contributed by atoms with Crippen LogP contribution in [0.3, 0.4) is 0 Å². The molecule has 2 fully saturated rings. The van der Waals surface area contributed by atoms with Gasteiger partial charge in [-0.1, -0.05) is 31.4 Å². The zero-order chi connectivity index (χ0) is 18.6. The number of hydrogen-bond acceptors (Lipinski definition) is 4. The normalized spacial score (nSPS) is 20.8. The van der Waals surface area contributed by atoms with Gasteiger partial charge in [0.2, 0.25) is 10.0 Å². The van der Waals surface area contributed by atoms with Crippen molar-refractivity contribution in [3.05, 3.63) is 35.4 Å². The van der Waals surface area contributed by atoms with Crippen molar-refractivity contribution in [2.24, 2.45) is 0 Å². The molecule has 0 spiro atoms. The predicted octanol–water partition coefficient (Wildman–Crippen LogP) is 1.83. The molecule has 3 rings (SSSR count). The van der Waals surface area contributed by atoms with E-state index in [1.807, 2.05) is 7.05 Å². The fourth-order valence-electron chi connectivity index (χ4n) is 3.64. The molecule has 0 bridgehead atoms. The third-order valence-corrected chi connectivity index (χ3v) is 7.21. The molecule has 6 nitrogen and oxygen atoms in total. The predicted molar refractivity (Wildman–Crippen MR) is 102 cm³/mol. The molecule has 1 saturated carbocycles. The molecule has 1 N–H and O–H groups in total. The lowest BCUT2D eigenvalue weighted by atomic mass is 9.95. The van der Waals surface area contributed by atoms with Crippen LogP contribution in [0.25, 0.3) is 0 Å². The van der Waals surface area contributed by atoms with Crippen molar-refractivity contribution >= 4 is 15.9 Å². The van der Waals surface area contributed by atoms with Gasteiger partial charge < -0.3 is 10.2 Å². The van der Waals surface area contributed by atoms with E-state index in [9.17, 15) is 13.2 Å². The van der Waals surface area contributed by atoms with Crippen molar-refractivity contribution in [2.75, 3.05) is 33.2 Å². The maximum atomic E-state index is 12.6. The second-order valence-electron chi connectivity index (χ2n) is 7.46. The molecule has 1 heterocycles. The van der Waals surface area contributed by atoms with E-state index in [-0.39, 0.29) is 17.7 Å². The van der Waals surface area contributed by atoms with Crippen LogP contribution in [0.15, 0.2) is 24.3 Å². The molecule has 0 unspecified atom stereocenters. The molecular formula is C19H29N3O3S. The Balaban J connectivity index is 1.57. The highest BCUT2D eigenvalue weighted by atomic mass is 32.2. The summed E-state index contributed by atoms with van der Waals surface area (Å²) in [6, 6.07) is 7.24. The van der Waals surface area contributed by atoms with Gasteiger partial charge in [0.05, 0.1) is 5.75 Å². The molecule has 0 aromatic heterocycles. The monoisotopic (exact) mass is 379 g/mol. The molecule has 0 atom stereocenters. The van der Waals surface area contributed by atoms with Gasteiger partial charge in [0.1, 0.15) is 0 Å². The van der Waals surface area contributed by atoms with Gasteiger partial charge in [-0.25, -0.2) is 8.42 Å². The Bertz CT molecular complexity index is 704. The van der Waals surface area contributed by atoms with Crippen molar-refractivity contribution in [3.63, 3.8) is 0 Å². The summed E-state index contributed by atoms with van der Waals surface area (Å²) < 4.78 is 26.7. The Hall–Kier alpha value is -1.44. The third-order valence-electron chi connectivity index (χ3n) is 5.36. The number of rotatable bonds is 5. The minimum Gasteiger partial charge on any atom is -0.349 e. The third kappa shape index (κ3) is 5.05. The first-order chi connectivity index (χ1) is 12.4. The number of likely N-dealkylation sites (N-methyl/N-ethyl adjacent to an activating group) is 1. The Morgan fingerprint density at radius 3 is 2.27 bits per heavy atom. The summed E-state index contributed by atoms with van der Waals surface area (Å²) in [5.74, 6) is -0.0771. The Kier molecular flexibility index (Phi) is 6.32. The first-order valence-corrected chi connectivity index (χ1v) is 11.1. The van der Waals surface area contributed by atoms with Crippen molar-refractivity contribution < 1.29 is 13.2 Å². The van der Waals surface area contributed by atoms with Gasteiger partial charge in [0.15, 0.2) is 0 Å². The van der Waals surface area contributed by atoms with E-state index < -0.39 is 10.0 Å². The number of sulfonamides is 1. The Labute approximate surface area is 156 Å². The molecule has 1 amide bonds. The van der Waals surface area contributed by atoms with Crippen LogP contribution in [0.1, 0.15) is 48.0 Å². The van der Waals surface area contributed by atoms with Crippen molar-refractivity contribution in [1.82, 2.24) is 14.5 Å². The summed E-state index contributed by atoms with van der Waals surface area (Å²) in [6.45, 7) is 2.61. The summed E-state index contributed by atoms with van der Waals surface area (Å²) in [5.41, 5.74) is 1.31. The lowest BCUT2D eigenvalue weighted by molar-refractivity contribution is 0.0927. The van der Waals surface area contributed by atoms with E-state index in [0.29, 0.717) is 18.7 Å². The van der Waals surface area contributed by atoms with Crippen LogP contribution in [0.5, 0.6) is 0 Å². The van der Waals surface area contributed by atoms with Gasteiger partial charge >= 0.3 is 0 Å². The molecule has 1 aliphatic heterocycles. The molecule has 144 valence electrons. The van der Waals surface area contributed by atoms with Crippen molar-refractivity contribution in [3.8, 4) is 0 Å². The number of carbonyl (C=O) groups excluding carboxylic acids is 1. The largest absolute Gasteiger partial charge is 0.349 e. The SMILES string of the molecule is CN1CCN(S(=O)(=O)Cc2ccc(C(=O)NC3CCCCC3)cc2)CC1. The fraction of sp³-hybridized carbons (Fsp3) is 0.632. The van der Waals surface area contributed by atoms with E-state index >= 15 is 0 Å². The molecule has 2 aliphatic rings. The molecular weight excluding hydrogens is 350 g/mol. The second-order valence-corrected chi connectivity index (χ2v) is 9.43. The van der Waals surface area contributed by atoms with E-state index in [0.717, 1.165) is 31.5 Å². The fourth-order valence-corrected chi connectivity index (χ4v) is 5.15. The van der Waals surface area contributed by atoms with Crippen LogP contribution in [0.2, 0.25) is 0 Å². The zero-order valence-corrected chi connectivity index (χ0v) is 16.3. The average Bonchev–Trinajstić information content (AvgIpc) is 2.63. The lowest BCUT2D eigenvalue weighted by Gasteiger charge is -2.31. The maximum Gasteiger partial charge on any atom is 0.251 e. The Morgan fingerprint density at radius 2 is 1.65 bits per heavy atom. The summed E-state index contributed by atoms with van der Waals surface area (Å²) in [6.07, 6.45) is 5.70. The zero-order valence-electron chi connectivity index (χ0n) is 15.5. The Morgan fingerprint density at radius 1 is 1.04 bits per heavy atom. The molecule has 1 aromatic rings. The van der Waals surface area contributed by atoms with Gasteiger partial charge in [-0.3, -0.25) is 4.79 Å². The summed E-state index contributed by atoms with van der Waals surface area (Å²) in [4.78, 5) is 14.5. The number of benzene rings is 1. The van der Waals surface area contributed by atoms with Crippen molar-refractivity contribution in [2.45, 2.75) is 43.9 Å². The first kappa shape index (κ1) is 19.3. The molecule has 7 heteroatoms. The number of nitrogens with one attached hydrogen (secondary N) is 1. The molecule has 26 heavy (non-hydrogen) atoms. The van der Waals surface area contributed by atoms with Crippen LogP contribution in [-0.2, 0) is 15.8 Å². The molecule has 1 aromatic carbocycles. The summed E-state index contributed by atoms with van der Waals surface area (Å²) in [5, 5.41) is 3.09. The van der Waals surface area contributed by atoms with E-state index in [1.165, 1.54) is 19.3 Å². The first-order valence-electron chi connectivity index (χ1n) is 9.50. The number of carbonyl (C=O) groups is 1. The minimum absolute atomic E-state index is 0.0127. The van der Waals surface area contributed by atoms with Crippen molar-refractivity contribution in [1.29, 1.82) is 0 Å². The standard InChI is InChI=1S/C19H29N3O3S/c1-21-11-13-22(14-12-21)26(24,25)15-16-7-9-17(10-8-16)19(23)20-18-5-3-2-4-6-18/h7-10,18H,2-6,11-15H2,1H3,(H,20,23). The van der Waals surface area contributed by atoms with Gasteiger partial charge in [0.25, 0.3) is 5.91 Å². The number of hydrogen-bond donors (Lipinski definition) is 1. The van der Waals surface area contributed by atoms with Gasteiger partial charge in [0, 0.05) is 37.8 Å². The van der Waals surface area contributed by atoms with E-state index in [2.05, 4.69) is 10.2 Å². The average molecular weight is 380 g/mol. The van der Waals surface area contributed by atoms with Crippen LogP contribution in [0.4, 0.5) is 0 Å². The molecule has 1 saturated heterocycles. The number of piperazine rings is 1. The molecule has 0 radical (unpaired) electrons. The summed E-state index contributed by atoms with van der Waals surface area (Å²) >= 11 is 0. The summed E-state index contributed by atoms with van der Waals surface area (Å²) in [7, 11) is -1.31. The van der Waals surface area contributed by atoms with Crippen LogP contribution in [0, 0.1) is 0 Å². The van der Waals surface area contributed by atoms with Gasteiger partial charge in [-0.15, -0.1) is 0 Å².